The zero-order valence-corrected chi connectivity index (χ0v) is 11.0. The van der Waals surface area contributed by atoms with Crippen molar-refractivity contribution in [2.75, 3.05) is 0 Å². The van der Waals surface area contributed by atoms with Crippen LogP contribution in [0.5, 0.6) is 5.75 Å². The average molecular weight is 272 g/mol. The predicted octanol–water partition coefficient (Wildman–Crippen LogP) is 2.43. The number of para-hydroxylation sites is 1. The maximum atomic E-state index is 7.12. The van der Waals surface area contributed by atoms with Gasteiger partial charge in [-0.1, -0.05) is 36.4 Å². The minimum atomic E-state index is -0.750. The Kier molecular flexibility index (Phi) is 4.97. The van der Waals surface area contributed by atoms with Crippen molar-refractivity contribution >= 4 is 30.9 Å². The normalized spacial score (nSPS) is 12.2. The molecule has 0 fully saturated rings. The third-order valence-electron chi connectivity index (χ3n) is 2.43. The van der Waals surface area contributed by atoms with Crippen molar-refractivity contribution in [1.29, 1.82) is 0 Å². The van der Waals surface area contributed by atoms with Crippen LogP contribution in [0.15, 0.2) is 53.9 Å². The highest BCUT2D eigenvalue weighted by atomic mass is 32.1. The highest BCUT2D eigenvalue weighted by molar-refractivity contribution is 7.11. The van der Waals surface area contributed by atoms with Gasteiger partial charge in [-0.05, 0) is 23.6 Å². The summed E-state index contributed by atoms with van der Waals surface area (Å²) >= 11 is 1.69. The molecule has 2 N–H and O–H groups in total. The van der Waals surface area contributed by atoms with Gasteiger partial charge in [0.2, 0.25) is 0 Å². The third-order valence-corrected chi connectivity index (χ3v) is 3.31. The van der Waals surface area contributed by atoms with E-state index < -0.39 is 7.69 Å². The molecule has 0 bridgehead atoms. The van der Waals surface area contributed by atoms with Crippen molar-refractivity contribution in [3.63, 3.8) is 0 Å². The Hall–Kier alpha value is -1.82. The van der Waals surface area contributed by atoms with Gasteiger partial charge in [0, 0.05) is 5.56 Å². The zero-order chi connectivity index (χ0) is 13.5. The molecule has 0 amide bonds. The van der Waals surface area contributed by atoms with E-state index in [1.165, 1.54) is 0 Å². The van der Waals surface area contributed by atoms with E-state index >= 15 is 0 Å². The number of benzene rings is 1. The molecule has 2 aromatic rings. The molecule has 0 atom stereocenters. The first-order valence-corrected chi connectivity index (χ1v) is 6.64. The molecule has 0 spiro atoms. The Labute approximate surface area is 116 Å². The zero-order valence-electron chi connectivity index (χ0n) is 10.2. The van der Waals surface area contributed by atoms with Crippen molar-refractivity contribution in [3.8, 4) is 5.75 Å². The summed E-state index contributed by atoms with van der Waals surface area (Å²) in [6, 6.07) is 12.2. The lowest BCUT2D eigenvalue weighted by Gasteiger charge is -2.08. The summed E-state index contributed by atoms with van der Waals surface area (Å²) in [6.07, 6.45) is 6.10. The molecule has 0 aliphatic carbocycles. The number of thiophene rings is 1. The number of hydrogen-bond donors (Lipinski definition) is 2. The quantitative estimate of drug-likeness (QED) is 0.784. The van der Waals surface area contributed by atoms with E-state index in [-0.39, 0.29) is 0 Å². The predicted molar refractivity (Wildman–Crippen MR) is 80.0 cm³/mol. The van der Waals surface area contributed by atoms with Crippen LogP contribution >= 0.6 is 11.3 Å². The van der Waals surface area contributed by atoms with Crippen molar-refractivity contribution in [3.05, 3.63) is 64.4 Å². The summed E-state index contributed by atoms with van der Waals surface area (Å²) in [6.45, 7) is 0. The standard InChI is InChI=1S/C14H10OS.BH3O2/c1-2-7-12-11(5-1)6-3-8-13(15-12)14-9-4-10-16-14;2-1-3/h1-10H;1-3H. The van der Waals surface area contributed by atoms with Crippen LogP contribution in [0.3, 0.4) is 0 Å². The first-order chi connectivity index (χ1) is 9.35. The summed E-state index contributed by atoms with van der Waals surface area (Å²) in [7, 11) is -0.750. The maximum absolute atomic E-state index is 7.12. The van der Waals surface area contributed by atoms with Crippen LogP contribution in [-0.4, -0.2) is 17.7 Å². The van der Waals surface area contributed by atoms with E-state index in [4.69, 9.17) is 14.8 Å². The minimum absolute atomic E-state index is 0.750. The van der Waals surface area contributed by atoms with E-state index in [1.54, 1.807) is 11.3 Å². The molecule has 19 heavy (non-hydrogen) atoms. The van der Waals surface area contributed by atoms with Crippen molar-refractivity contribution in [1.82, 2.24) is 0 Å². The molecule has 3 rings (SSSR count). The molecule has 1 aliphatic heterocycles. The van der Waals surface area contributed by atoms with Gasteiger partial charge in [0.25, 0.3) is 0 Å². The second-order valence-electron chi connectivity index (χ2n) is 3.65. The Bertz CT molecular complexity index is 576. The fourth-order valence-corrected chi connectivity index (χ4v) is 2.34. The smallest absolute Gasteiger partial charge is 0.432 e. The Balaban J connectivity index is 0.000000408. The van der Waals surface area contributed by atoms with Crippen LogP contribution in [0.4, 0.5) is 0 Å². The van der Waals surface area contributed by atoms with Gasteiger partial charge in [-0.25, -0.2) is 0 Å². The van der Waals surface area contributed by atoms with Crippen LogP contribution in [0.2, 0.25) is 0 Å². The average Bonchev–Trinajstić information content (AvgIpc) is 2.86. The first kappa shape index (κ1) is 13.6. The van der Waals surface area contributed by atoms with E-state index in [0.29, 0.717) is 0 Å². The van der Waals surface area contributed by atoms with Crippen molar-refractivity contribution < 1.29 is 14.8 Å². The van der Waals surface area contributed by atoms with E-state index in [0.717, 1.165) is 21.9 Å². The second kappa shape index (κ2) is 6.94. The van der Waals surface area contributed by atoms with Gasteiger partial charge in [0.1, 0.15) is 11.5 Å². The number of fused-ring (bicyclic) bond motifs is 1. The molecule has 1 aromatic carbocycles. The lowest BCUT2D eigenvalue weighted by Crippen LogP contribution is -1.92. The second-order valence-corrected chi connectivity index (χ2v) is 4.60. The molecule has 1 aliphatic rings. The monoisotopic (exact) mass is 272 g/mol. The van der Waals surface area contributed by atoms with Gasteiger partial charge >= 0.3 is 7.69 Å². The molecule has 96 valence electrons. The lowest BCUT2D eigenvalue weighted by molar-refractivity contribution is 0.448. The van der Waals surface area contributed by atoms with Crippen LogP contribution in [0, 0.1) is 0 Å². The van der Waals surface area contributed by atoms with Crippen molar-refractivity contribution in [2.24, 2.45) is 0 Å². The molecule has 2 heterocycles. The fourth-order valence-electron chi connectivity index (χ4n) is 1.65. The highest BCUT2D eigenvalue weighted by Gasteiger charge is 2.09. The van der Waals surface area contributed by atoms with Gasteiger partial charge in [0.05, 0.1) is 4.88 Å². The van der Waals surface area contributed by atoms with Crippen LogP contribution in [0.1, 0.15) is 10.4 Å². The Morgan fingerprint density at radius 2 is 1.84 bits per heavy atom. The summed E-state index contributed by atoms with van der Waals surface area (Å²) in [5.41, 5.74) is 1.12. The lowest BCUT2D eigenvalue weighted by atomic mass is 10.2. The molecular weight excluding hydrogens is 259 g/mol. The molecule has 5 heteroatoms. The summed E-state index contributed by atoms with van der Waals surface area (Å²) in [5, 5.41) is 16.3. The largest absolute Gasteiger partial charge is 0.455 e. The summed E-state index contributed by atoms with van der Waals surface area (Å²) < 4.78 is 5.91. The molecular formula is C14H13BO3S. The molecule has 3 nitrogen and oxygen atoms in total. The molecule has 1 aromatic heterocycles. The van der Waals surface area contributed by atoms with Gasteiger partial charge in [0.15, 0.2) is 0 Å². The number of hydrogen-bond acceptors (Lipinski definition) is 4. The SMILES string of the molecule is C1=Cc2ccccc2OC(c2cccs2)=C1.OBO. The van der Waals surface area contributed by atoms with Gasteiger partial charge in [-0.3, -0.25) is 0 Å². The van der Waals surface area contributed by atoms with Crippen LogP contribution in [-0.2, 0) is 0 Å². The molecule has 0 radical (unpaired) electrons. The third kappa shape index (κ3) is 3.57. The number of rotatable bonds is 1. The Morgan fingerprint density at radius 3 is 2.58 bits per heavy atom. The Morgan fingerprint density at radius 1 is 1.05 bits per heavy atom. The minimum Gasteiger partial charge on any atom is -0.455 e. The molecule has 0 saturated carbocycles. The van der Waals surface area contributed by atoms with Crippen molar-refractivity contribution in [2.45, 2.75) is 0 Å². The number of allylic oxidation sites excluding steroid dienone is 2. The first-order valence-electron chi connectivity index (χ1n) is 5.76. The molecule has 0 unspecified atom stereocenters. The number of ether oxygens (including phenoxy) is 1. The highest BCUT2D eigenvalue weighted by Crippen LogP contribution is 2.30. The molecule has 0 saturated heterocycles. The van der Waals surface area contributed by atoms with Crippen LogP contribution < -0.4 is 4.74 Å². The topological polar surface area (TPSA) is 49.7 Å². The van der Waals surface area contributed by atoms with E-state index in [1.807, 2.05) is 36.4 Å². The van der Waals surface area contributed by atoms with E-state index in [9.17, 15) is 0 Å². The summed E-state index contributed by atoms with van der Waals surface area (Å²) in [5.74, 6) is 1.83. The van der Waals surface area contributed by atoms with Crippen LogP contribution in [0.25, 0.3) is 11.8 Å². The van der Waals surface area contributed by atoms with E-state index in [2.05, 4.69) is 23.6 Å². The van der Waals surface area contributed by atoms with Gasteiger partial charge < -0.3 is 14.8 Å². The van der Waals surface area contributed by atoms with Gasteiger partial charge in [-0.15, -0.1) is 11.3 Å². The fraction of sp³-hybridized carbons (Fsp3) is 0. The summed E-state index contributed by atoms with van der Waals surface area (Å²) in [4.78, 5) is 1.15. The van der Waals surface area contributed by atoms with Gasteiger partial charge in [-0.2, -0.15) is 0 Å². The maximum Gasteiger partial charge on any atom is 0.432 e.